The SMILES string of the molecule is Cc1cccc(Cc2ccccc2Cl)c1C. The van der Waals surface area contributed by atoms with Crippen LogP contribution in [0.5, 0.6) is 0 Å². The van der Waals surface area contributed by atoms with Crippen molar-refractivity contribution in [3.05, 3.63) is 69.7 Å². The van der Waals surface area contributed by atoms with Gasteiger partial charge in [0.05, 0.1) is 0 Å². The monoisotopic (exact) mass is 230 g/mol. The van der Waals surface area contributed by atoms with Gasteiger partial charge in [-0.15, -0.1) is 0 Å². The van der Waals surface area contributed by atoms with Crippen molar-refractivity contribution in [1.29, 1.82) is 0 Å². The summed E-state index contributed by atoms with van der Waals surface area (Å²) in [5.74, 6) is 0. The van der Waals surface area contributed by atoms with Crippen molar-refractivity contribution in [1.82, 2.24) is 0 Å². The van der Waals surface area contributed by atoms with Crippen LogP contribution in [0.2, 0.25) is 5.02 Å². The Morgan fingerprint density at radius 3 is 2.31 bits per heavy atom. The third-order valence-corrected chi connectivity index (χ3v) is 3.42. The topological polar surface area (TPSA) is 0 Å². The van der Waals surface area contributed by atoms with Gasteiger partial charge in [0.1, 0.15) is 0 Å². The molecule has 0 saturated heterocycles. The first-order chi connectivity index (χ1) is 7.68. The molecule has 0 heterocycles. The van der Waals surface area contributed by atoms with Gasteiger partial charge in [0, 0.05) is 5.02 Å². The van der Waals surface area contributed by atoms with Crippen molar-refractivity contribution < 1.29 is 0 Å². The van der Waals surface area contributed by atoms with E-state index in [1.807, 2.05) is 18.2 Å². The molecule has 1 heteroatoms. The molecular weight excluding hydrogens is 216 g/mol. The molecule has 0 aliphatic heterocycles. The third kappa shape index (κ3) is 2.28. The summed E-state index contributed by atoms with van der Waals surface area (Å²) in [5.41, 5.74) is 5.25. The molecule has 0 saturated carbocycles. The Morgan fingerprint density at radius 1 is 0.875 bits per heavy atom. The summed E-state index contributed by atoms with van der Waals surface area (Å²) < 4.78 is 0. The Morgan fingerprint density at radius 2 is 1.56 bits per heavy atom. The first-order valence-electron chi connectivity index (χ1n) is 5.47. The first kappa shape index (κ1) is 11.2. The minimum atomic E-state index is 0.850. The lowest BCUT2D eigenvalue weighted by Crippen LogP contribution is -1.94. The maximum atomic E-state index is 6.17. The molecule has 0 radical (unpaired) electrons. The zero-order valence-electron chi connectivity index (χ0n) is 9.63. The molecule has 0 bridgehead atoms. The molecule has 16 heavy (non-hydrogen) atoms. The van der Waals surface area contributed by atoms with E-state index in [0.717, 1.165) is 11.4 Å². The molecule has 0 unspecified atom stereocenters. The highest BCUT2D eigenvalue weighted by Crippen LogP contribution is 2.21. The van der Waals surface area contributed by atoms with Crippen molar-refractivity contribution in [3.8, 4) is 0 Å². The first-order valence-corrected chi connectivity index (χ1v) is 5.85. The van der Waals surface area contributed by atoms with E-state index in [1.165, 1.54) is 22.3 Å². The van der Waals surface area contributed by atoms with Gasteiger partial charge in [-0.2, -0.15) is 0 Å². The lowest BCUT2D eigenvalue weighted by molar-refractivity contribution is 1.14. The average molecular weight is 231 g/mol. The van der Waals surface area contributed by atoms with E-state index >= 15 is 0 Å². The van der Waals surface area contributed by atoms with Crippen LogP contribution in [0.15, 0.2) is 42.5 Å². The highest BCUT2D eigenvalue weighted by molar-refractivity contribution is 6.31. The highest BCUT2D eigenvalue weighted by atomic mass is 35.5. The second-order valence-corrected chi connectivity index (χ2v) is 4.53. The van der Waals surface area contributed by atoms with Crippen LogP contribution in [0.3, 0.4) is 0 Å². The summed E-state index contributed by atoms with van der Waals surface area (Å²) in [5, 5.41) is 0.850. The van der Waals surface area contributed by atoms with Gasteiger partial charge in [0.25, 0.3) is 0 Å². The van der Waals surface area contributed by atoms with Crippen LogP contribution in [0, 0.1) is 13.8 Å². The molecule has 0 spiro atoms. The summed E-state index contributed by atoms with van der Waals surface area (Å²) in [6.07, 6.45) is 0.910. The molecule has 0 amide bonds. The Bertz CT molecular complexity index is 501. The van der Waals surface area contributed by atoms with Crippen LogP contribution in [0.4, 0.5) is 0 Å². The Kier molecular flexibility index (Phi) is 3.31. The van der Waals surface area contributed by atoms with E-state index < -0.39 is 0 Å². The molecule has 0 nitrogen and oxygen atoms in total. The number of benzene rings is 2. The molecule has 2 aromatic carbocycles. The minimum Gasteiger partial charge on any atom is -0.0840 e. The van der Waals surface area contributed by atoms with Gasteiger partial charge in [0.15, 0.2) is 0 Å². The maximum absolute atomic E-state index is 6.17. The Labute approximate surface area is 102 Å². The van der Waals surface area contributed by atoms with E-state index in [0.29, 0.717) is 0 Å². The number of aryl methyl sites for hydroxylation is 1. The van der Waals surface area contributed by atoms with Crippen LogP contribution in [-0.4, -0.2) is 0 Å². The summed E-state index contributed by atoms with van der Waals surface area (Å²) in [4.78, 5) is 0. The standard InChI is InChI=1S/C15H15Cl/c1-11-6-5-8-13(12(11)2)10-14-7-3-4-9-15(14)16/h3-9H,10H2,1-2H3. The zero-order chi connectivity index (χ0) is 11.5. The van der Waals surface area contributed by atoms with Crippen LogP contribution < -0.4 is 0 Å². The summed E-state index contributed by atoms with van der Waals surface area (Å²) in [6, 6.07) is 14.5. The lowest BCUT2D eigenvalue weighted by Gasteiger charge is -2.09. The second-order valence-electron chi connectivity index (χ2n) is 4.13. The van der Waals surface area contributed by atoms with Gasteiger partial charge in [-0.25, -0.2) is 0 Å². The van der Waals surface area contributed by atoms with Gasteiger partial charge in [-0.05, 0) is 48.6 Å². The number of hydrogen-bond donors (Lipinski definition) is 0. The van der Waals surface area contributed by atoms with Gasteiger partial charge in [0.2, 0.25) is 0 Å². The fraction of sp³-hybridized carbons (Fsp3) is 0.200. The number of halogens is 1. The van der Waals surface area contributed by atoms with Crippen molar-refractivity contribution >= 4 is 11.6 Å². The van der Waals surface area contributed by atoms with Gasteiger partial charge < -0.3 is 0 Å². The van der Waals surface area contributed by atoms with Crippen molar-refractivity contribution in [2.45, 2.75) is 20.3 Å². The quantitative estimate of drug-likeness (QED) is 0.710. The molecule has 2 aromatic rings. The Balaban J connectivity index is 2.35. The smallest absolute Gasteiger partial charge is 0.0441 e. The van der Waals surface area contributed by atoms with Crippen LogP contribution in [0.25, 0.3) is 0 Å². The zero-order valence-corrected chi connectivity index (χ0v) is 10.4. The molecule has 0 fully saturated rings. The molecule has 0 aliphatic carbocycles. The van der Waals surface area contributed by atoms with Crippen molar-refractivity contribution in [2.75, 3.05) is 0 Å². The lowest BCUT2D eigenvalue weighted by atomic mass is 9.97. The van der Waals surface area contributed by atoms with Crippen LogP contribution in [0.1, 0.15) is 22.3 Å². The molecule has 0 aromatic heterocycles. The van der Waals surface area contributed by atoms with E-state index in [4.69, 9.17) is 11.6 Å². The molecule has 82 valence electrons. The molecule has 2 rings (SSSR count). The number of hydrogen-bond acceptors (Lipinski definition) is 0. The molecular formula is C15H15Cl. The molecule has 0 N–H and O–H groups in total. The van der Waals surface area contributed by atoms with Crippen LogP contribution in [-0.2, 0) is 6.42 Å². The average Bonchev–Trinajstić information content (AvgIpc) is 2.28. The molecule has 0 aliphatic rings. The third-order valence-electron chi connectivity index (χ3n) is 3.06. The highest BCUT2D eigenvalue weighted by Gasteiger charge is 2.04. The maximum Gasteiger partial charge on any atom is 0.0441 e. The van der Waals surface area contributed by atoms with Gasteiger partial charge >= 0.3 is 0 Å². The van der Waals surface area contributed by atoms with E-state index in [9.17, 15) is 0 Å². The van der Waals surface area contributed by atoms with E-state index in [1.54, 1.807) is 0 Å². The normalized spacial score (nSPS) is 10.4. The predicted molar refractivity (Wildman–Crippen MR) is 70.2 cm³/mol. The van der Waals surface area contributed by atoms with Crippen molar-refractivity contribution in [3.63, 3.8) is 0 Å². The fourth-order valence-corrected chi connectivity index (χ4v) is 2.05. The van der Waals surface area contributed by atoms with Gasteiger partial charge in [-0.1, -0.05) is 48.0 Å². The van der Waals surface area contributed by atoms with E-state index in [-0.39, 0.29) is 0 Å². The summed E-state index contributed by atoms with van der Waals surface area (Å²) >= 11 is 6.17. The van der Waals surface area contributed by atoms with Crippen molar-refractivity contribution in [2.24, 2.45) is 0 Å². The predicted octanol–water partition coefficient (Wildman–Crippen LogP) is 4.55. The minimum absolute atomic E-state index is 0.850. The number of rotatable bonds is 2. The van der Waals surface area contributed by atoms with Gasteiger partial charge in [-0.3, -0.25) is 0 Å². The van der Waals surface area contributed by atoms with E-state index in [2.05, 4.69) is 38.1 Å². The Hall–Kier alpha value is -1.27. The summed E-state index contributed by atoms with van der Waals surface area (Å²) in [7, 11) is 0. The fourth-order valence-electron chi connectivity index (χ4n) is 1.85. The second kappa shape index (κ2) is 4.71. The molecule has 0 atom stereocenters. The van der Waals surface area contributed by atoms with Crippen LogP contribution >= 0.6 is 11.6 Å². The summed E-state index contributed by atoms with van der Waals surface area (Å²) in [6.45, 7) is 4.31. The largest absolute Gasteiger partial charge is 0.0840 e.